The molecule has 4 nitrogen and oxygen atoms in total. The van der Waals surface area contributed by atoms with Crippen molar-refractivity contribution in [3.8, 4) is 0 Å². The number of anilines is 1. The van der Waals surface area contributed by atoms with Gasteiger partial charge >= 0.3 is 0 Å². The maximum absolute atomic E-state index is 12.3. The minimum atomic E-state index is -3.07. The van der Waals surface area contributed by atoms with E-state index in [-0.39, 0.29) is 11.3 Å². The first-order valence-electron chi connectivity index (χ1n) is 6.42. The molecule has 2 N–H and O–H groups in total. The van der Waals surface area contributed by atoms with E-state index in [9.17, 15) is 8.42 Å². The molecule has 0 atom stereocenters. The van der Waals surface area contributed by atoms with Crippen LogP contribution in [0.3, 0.4) is 0 Å². The minimum absolute atomic E-state index is 0.119. The lowest BCUT2D eigenvalue weighted by molar-refractivity contribution is 0.398. The number of nitrogens with zero attached hydrogens (tertiary/aromatic N) is 1. The number of hydrogen-bond acceptors (Lipinski definition) is 3. The molecule has 1 aromatic carbocycles. The highest BCUT2D eigenvalue weighted by Gasteiger charge is 2.45. The second-order valence-corrected chi connectivity index (χ2v) is 7.43. The van der Waals surface area contributed by atoms with E-state index in [1.165, 1.54) is 0 Å². The molecule has 3 rings (SSSR count). The molecule has 0 aromatic heterocycles. The number of hydrogen-bond donors (Lipinski definition) is 1. The van der Waals surface area contributed by atoms with Gasteiger partial charge in [-0.05, 0) is 43.4 Å². The first-order valence-corrected chi connectivity index (χ1v) is 7.93. The fourth-order valence-electron chi connectivity index (χ4n) is 2.15. The number of rotatable bonds is 5. The molecule has 2 saturated carbocycles. The Balaban J connectivity index is 1.80. The highest BCUT2D eigenvalue weighted by molar-refractivity contribution is 7.90. The Kier molecular flexibility index (Phi) is 2.83. The summed E-state index contributed by atoms with van der Waals surface area (Å²) < 4.78 is 26.4. The molecule has 0 aliphatic heterocycles. The monoisotopic (exact) mass is 266 g/mol. The third-order valence-corrected chi connectivity index (χ3v) is 5.94. The van der Waals surface area contributed by atoms with E-state index in [0.717, 1.165) is 31.2 Å². The molecule has 0 bridgehead atoms. The summed E-state index contributed by atoms with van der Waals surface area (Å²) in [4.78, 5) is 0. The number of nitrogen functional groups attached to an aromatic ring is 1. The van der Waals surface area contributed by atoms with Crippen LogP contribution < -0.4 is 5.73 Å². The third-order valence-electron chi connectivity index (χ3n) is 3.54. The number of benzene rings is 1. The summed E-state index contributed by atoms with van der Waals surface area (Å²) in [6.45, 7) is 0.490. The zero-order valence-corrected chi connectivity index (χ0v) is 11.1. The van der Waals surface area contributed by atoms with Crippen molar-refractivity contribution in [1.29, 1.82) is 0 Å². The van der Waals surface area contributed by atoms with Crippen molar-refractivity contribution in [2.75, 3.05) is 5.73 Å². The molecule has 0 spiro atoms. The molecule has 0 saturated heterocycles. The first kappa shape index (κ1) is 12.0. The number of sulfonamides is 1. The predicted molar refractivity (Wildman–Crippen MR) is 71.4 cm³/mol. The van der Waals surface area contributed by atoms with Crippen LogP contribution in [0.25, 0.3) is 0 Å². The smallest absolute Gasteiger partial charge is 0.217 e. The zero-order chi connectivity index (χ0) is 12.8. The van der Waals surface area contributed by atoms with Gasteiger partial charge in [-0.15, -0.1) is 0 Å². The van der Waals surface area contributed by atoms with E-state index in [2.05, 4.69) is 0 Å². The Morgan fingerprint density at radius 3 is 2.22 bits per heavy atom. The Morgan fingerprint density at radius 1 is 1.11 bits per heavy atom. The molecule has 0 heterocycles. The van der Waals surface area contributed by atoms with Gasteiger partial charge in [0.15, 0.2) is 0 Å². The third kappa shape index (κ3) is 2.37. The van der Waals surface area contributed by atoms with Crippen molar-refractivity contribution >= 4 is 15.7 Å². The van der Waals surface area contributed by atoms with Crippen LogP contribution in [-0.4, -0.2) is 24.0 Å². The summed E-state index contributed by atoms with van der Waals surface area (Å²) in [5.41, 5.74) is 7.37. The van der Waals surface area contributed by atoms with Crippen molar-refractivity contribution in [2.45, 2.75) is 43.5 Å². The van der Waals surface area contributed by atoms with Crippen LogP contribution in [0.1, 0.15) is 31.2 Å². The lowest BCUT2D eigenvalue weighted by Crippen LogP contribution is -2.35. The Morgan fingerprint density at radius 2 is 1.72 bits per heavy atom. The lowest BCUT2D eigenvalue weighted by Gasteiger charge is -2.21. The molecule has 5 heteroatoms. The van der Waals surface area contributed by atoms with E-state index in [1.807, 2.05) is 24.3 Å². The van der Waals surface area contributed by atoms with Gasteiger partial charge in [0.05, 0.1) is 5.25 Å². The van der Waals surface area contributed by atoms with E-state index in [4.69, 9.17) is 5.73 Å². The molecule has 2 aliphatic carbocycles. The molecule has 0 radical (unpaired) electrons. The maximum atomic E-state index is 12.3. The predicted octanol–water partition coefficient (Wildman–Crippen LogP) is 1.73. The number of nitrogens with two attached hydrogens (primary N) is 1. The molecular weight excluding hydrogens is 248 g/mol. The molecule has 2 fully saturated rings. The van der Waals surface area contributed by atoms with Gasteiger partial charge < -0.3 is 5.73 Å². The lowest BCUT2D eigenvalue weighted by atomic mass is 10.2. The van der Waals surface area contributed by atoms with Gasteiger partial charge in [-0.2, -0.15) is 4.31 Å². The highest BCUT2D eigenvalue weighted by atomic mass is 32.2. The van der Waals surface area contributed by atoms with Crippen molar-refractivity contribution in [3.63, 3.8) is 0 Å². The summed E-state index contributed by atoms with van der Waals surface area (Å²) in [7, 11) is -3.07. The van der Waals surface area contributed by atoms with Gasteiger partial charge in [-0.1, -0.05) is 12.1 Å². The quantitative estimate of drug-likeness (QED) is 0.825. The van der Waals surface area contributed by atoms with Crippen molar-refractivity contribution in [2.24, 2.45) is 0 Å². The molecule has 1 aromatic rings. The fraction of sp³-hybridized carbons (Fsp3) is 0.538. The van der Waals surface area contributed by atoms with Crippen molar-refractivity contribution in [3.05, 3.63) is 29.8 Å². The second-order valence-electron chi connectivity index (χ2n) is 5.26. The SMILES string of the molecule is Nc1ccc(CN(C2CC2)S(=O)(=O)C2CC2)cc1. The zero-order valence-electron chi connectivity index (χ0n) is 10.2. The molecular formula is C13H18N2O2S. The van der Waals surface area contributed by atoms with Gasteiger partial charge in [0.2, 0.25) is 10.0 Å². The van der Waals surface area contributed by atoms with Crippen LogP contribution in [0.2, 0.25) is 0 Å². The summed E-state index contributed by atoms with van der Waals surface area (Å²) in [6.07, 6.45) is 3.66. The topological polar surface area (TPSA) is 63.4 Å². The van der Waals surface area contributed by atoms with Crippen LogP contribution in [0.15, 0.2) is 24.3 Å². The van der Waals surface area contributed by atoms with Gasteiger partial charge in [0.25, 0.3) is 0 Å². The van der Waals surface area contributed by atoms with Crippen LogP contribution in [0.5, 0.6) is 0 Å². The van der Waals surface area contributed by atoms with Crippen LogP contribution in [-0.2, 0) is 16.6 Å². The minimum Gasteiger partial charge on any atom is -0.399 e. The van der Waals surface area contributed by atoms with Gasteiger partial charge in [0, 0.05) is 18.3 Å². The largest absolute Gasteiger partial charge is 0.399 e. The maximum Gasteiger partial charge on any atom is 0.217 e. The van der Waals surface area contributed by atoms with Crippen molar-refractivity contribution in [1.82, 2.24) is 4.31 Å². The first-order chi connectivity index (χ1) is 8.57. The van der Waals surface area contributed by atoms with E-state index >= 15 is 0 Å². The molecule has 18 heavy (non-hydrogen) atoms. The summed E-state index contributed by atoms with van der Waals surface area (Å²) in [5, 5.41) is -0.119. The van der Waals surface area contributed by atoms with E-state index in [0.29, 0.717) is 12.2 Å². The summed E-state index contributed by atoms with van der Waals surface area (Å²) in [6, 6.07) is 7.70. The summed E-state index contributed by atoms with van der Waals surface area (Å²) >= 11 is 0. The second kappa shape index (κ2) is 4.24. The Bertz CT molecular complexity index is 531. The molecule has 0 unspecified atom stereocenters. The van der Waals surface area contributed by atoms with E-state index in [1.54, 1.807) is 4.31 Å². The van der Waals surface area contributed by atoms with Crippen LogP contribution in [0, 0.1) is 0 Å². The van der Waals surface area contributed by atoms with E-state index < -0.39 is 10.0 Å². The summed E-state index contributed by atoms with van der Waals surface area (Å²) in [5.74, 6) is 0. The van der Waals surface area contributed by atoms with Gasteiger partial charge in [-0.25, -0.2) is 8.42 Å². The molecule has 2 aliphatic rings. The van der Waals surface area contributed by atoms with Gasteiger partial charge in [-0.3, -0.25) is 0 Å². The normalized spacial score (nSPS) is 20.3. The average molecular weight is 266 g/mol. The van der Waals surface area contributed by atoms with Crippen LogP contribution in [0.4, 0.5) is 5.69 Å². The van der Waals surface area contributed by atoms with Gasteiger partial charge in [0.1, 0.15) is 0 Å². The van der Waals surface area contributed by atoms with Crippen LogP contribution >= 0.6 is 0 Å². The average Bonchev–Trinajstić information content (AvgIpc) is 3.16. The highest BCUT2D eigenvalue weighted by Crippen LogP contribution is 2.38. The standard InChI is InChI=1S/C13H18N2O2S/c14-11-3-1-10(2-4-11)9-15(12-5-6-12)18(16,17)13-7-8-13/h1-4,12-13H,5-9,14H2. The molecule has 98 valence electrons. The Labute approximate surface area is 108 Å². The fourth-order valence-corrected chi connectivity index (χ4v) is 4.22. The Hall–Kier alpha value is -1.07. The molecule has 0 amide bonds. The van der Waals surface area contributed by atoms with Crippen molar-refractivity contribution < 1.29 is 8.42 Å².